The molecule has 2 aromatic carbocycles. The van der Waals surface area contributed by atoms with Crippen molar-refractivity contribution in [2.24, 2.45) is 23.7 Å². The number of nitrogens with zero attached hydrogens (tertiary/aromatic N) is 1. The van der Waals surface area contributed by atoms with E-state index in [2.05, 4.69) is 17.5 Å². The maximum atomic E-state index is 13.4. The molecule has 6 heteroatoms. The van der Waals surface area contributed by atoms with Crippen LogP contribution in [0.5, 0.6) is 0 Å². The smallest absolute Gasteiger partial charge is 0.248 e. The Morgan fingerprint density at radius 3 is 2.35 bits per heavy atom. The fourth-order valence-electron chi connectivity index (χ4n) is 5.32. The standard InChI is InChI=1S/C25H23ClN2O3/c1-14-7-10-18(26)13-19(14)27-23(29)20(11-15-5-3-2-4-6-15)28-24(30)21-16-8-9-17(12-16)22(21)25(28)31/h2-10,13,16-17,20-22H,11-12H2,1H3,(H,27,29). The van der Waals surface area contributed by atoms with E-state index in [1.165, 1.54) is 4.90 Å². The van der Waals surface area contributed by atoms with Gasteiger partial charge in [0.1, 0.15) is 6.04 Å². The first-order chi connectivity index (χ1) is 14.9. The normalized spacial score (nSPS) is 27.0. The number of allylic oxidation sites excluding steroid dienone is 2. The monoisotopic (exact) mass is 434 g/mol. The van der Waals surface area contributed by atoms with E-state index in [0.29, 0.717) is 10.7 Å². The molecule has 1 N–H and O–H groups in total. The quantitative estimate of drug-likeness (QED) is 0.571. The molecule has 1 heterocycles. The summed E-state index contributed by atoms with van der Waals surface area (Å²) in [5, 5.41) is 3.41. The highest BCUT2D eigenvalue weighted by atomic mass is 35.5. The Kier molecular flexibility index (Phi) is 4.94. The zero-order valence-corrected chi connectivity index (χ0v) is 17.9. The second kappa shape index (κ2) is 7.65. The van der Waals surface area contributed by atoms with Gasteiger partial charge in [-0.05, 0) is 48.4 Å². The Morgan fingerprint density at radius 2 is 1.71 bits per heavy atom. The van der Waals surface area contributed by atoms with Crippen LogP contribution < -0.4 is 5.32 Å². The zero-order valence-electron chi connectivity index (χ0n) is 17.1. The number of anilines is 1. The van der Waals surface area contributed by atoms with E-state index in [4.69, 9.17) is 11.6 Å². The number of halogens is 1. The van der Waals surface area contributed by atoms with Crippen molar-refractivity contribution in [2.75, 3.05) is 5.32 Å². The number of benzene rings is 2. The lowest BCUT2D eigenvalue weighted by Gasteiger charge is -2.27. The molecule has 2 fully saturated rings. The topological polar surface area (TPSA) is 66.5 Å². The number of amides is 3. The molecule has 1 aliphatic heterocycles. The summed E-state index contributed by atoms with van der Waals surface area (Å²) in [5.41, 5.74) is 2.33. The number of hydrogen-bond acceptors (Lipinski definition) is 3. The molecular formula is C25H23ClN2O3. The van der Waals surface area contributed by atoms with Crippen LogP contribution in [-0.4, -0.2) is 28.7 Å². The molecule has 2 aliphatic carbocycles. The molecule has 3 aliphatic rings. The third-order valence-corrected chi connectivity index (χ3v) is 7.08. The molecule has 1 saturated heterocycles. The van der Waals surface area contributed by atoms with Crippen LogP contribution >= 0.6 is 11.6 Å². The maximum Gasteiger partial charge on any atom is 0.248 e. The van der Waals surface area contributed by atoms with Crippen molar-refractivity contribution in [3.8, 4) is 0 Å². The largest absolute Gasteiger partial charge is 0.324 e. The Bertz CT molecular complexity index is 1070. The van der Waals surface area contributed by atoms with Crippen LogP contribution in [-0.2, 0) is 20.8 Å². The van der Waals surface area contributed by atoms with Crippen molar-refractivity contribution in [1.29, 1.82) is 0 Å². The SMILES string of the molecule is Cc1ccc(Cl)cc1NC(=O)C(Cc1ccccc1)N1C(=O)C2C3C=CC(C3)C2C1=O. The van der Waals surface area contributed by atoms with Gasteiger partial charge in [0.05, 0.1) is 11.8 Å². The molecule has 0 spiro atoms. The average Bonchev–Trinajstić information content (AvgIpc) is 3.44. The highest BCUT2D eigenvalue weighted by Gasteiger charge is 2.61. The first-order valence-electron chi connectivity index (χ1n) is 10.6. The number of fused-ring (bicyclic) bond motifs is 5. The number of carbonyl (C=O) groups is 3. The van der Waals surface area contributed by atoms with E-state index >= 15 is 0 Å². The van der Waals surface area contributed by atoms with Crippen LogP contribution in [0.4, 0.5) is 5.69 Å². The van der Waals surface area contributed by atoms with E-state index in [1.807, 2.05) is 43.3 Å². The number of nitrogens with one attached hydrogen (secondary N) is 1. The van der Waals surface area contributed by atoms with Crippen molar-refractivity contribution < 1.29 is 14.4 Å². The molecule has 2 bridgehead atoms. The molecule has 5 nitrogen and oxygen atoms in total. The molecule has 1 saturated carbocycles. The number of hydrogen-bond donors (Lipinski definition) is 1. The van der Waals surface area contributed by atoms with Crippen LogP contribution in [0.1, 0.15) is 17.5 Å². The lowest BCUT2D eigenvalue weighted by molar-refractivity contribution is -0.147. The van der Waals surface area contributed by atoms with Crippen LogP contribution in [0, 0.1) is 30.6 Å². The summed E-state index contributed by atoms with van der Waals surface area (Å²) in [6, 6.07) is 13.8. The van der Waals surface area contributed by atoms with E-state index in [-0.39, 0.29) is 47.8 Å². The van der Waals surface area contributed by atoms with E-state index in [0.717, 1.165) is 17.5 Å². The van der Waals surface area contributed by atoms with Crippen LogP contribution in [0.2, 0.25) is 5.02 Å². The Hall–Kier alpha value is -2.92. The van der Waals surface area contributed by atoms with E-state index in [9.17, 15) is 14.4 Å². The molecule has 5 rings (SSSR count). The summed E-state index contributed by atoms with van der Waals surface area (Å²) in [4.78, 5) is 41.4. The lowest BCUT2D eigenvalue weighted by Crippen LogP contribution is -2.49. The van der Waals surface area contributed by atoms with Gasteiger partial charge in [0, 0.05) is 17.1 Å². The molecule has 0 radical (unpaired) electrons. The maximum absolute atomic E-state index is 13.4. The summed E-state index contributed by atoms with van der Waals surface area (Å²) in [6.07, 6.45) is 5.24. The van der Waals surface area contributed by atoms with Crippen molar-refractivity contribution in [3.63, 3.8) is 0 Å². The molecule has 158 valence electrons. The van der Waals surface area contributed by atoms with Crippen molar-refractivity contribution in [2.45, 2.75) is 25.8 Å². The number of imide groups is 1. The summed E-state index contributed by atoms with van der Waals surface area (Å²) in [7, 11) is 0. The van der Waals surface area contributed by atoms with Gasteiger partial charge in [-0.15, -0.1) is 0 Å². The Morgan fingerprint density at radius 1 is 1.06 bits per heavy atom. The summed E-state index contributed by atoms with van der Waals surface area (Å²) < 4.78 is 0. The minimum atomic E-state index is -0.911. The second-order valence-corrected chi connectivity index (χ2v) is 9.14. The predicted molar refractivity (Wildman–Crippen MR) is 118 cm³/mol. The van der Waals surface area contributed by atoms with Crippen molar-refractivity contribution in [1.82, 2.24) is 4.90 Å². The van der Waals surface area contributed by atoms with Crippen LogP contribution in [0.25, 0.3) is 0 Å². The van der Waals surface area contributed by atoms with Gasteiger partial charge in [0.2, 0.25) is 17.7 Å². The summed E-state index contributed by atoms with van der Waals surface area (Å²) in [5.74, 6) is -1.27. The molecule has 2 aromatic rings. The third kappa shape index (κ3) is 3.37. The summed E-state index contributed by atoms with van der Waals surface area (Å²) >= 11 is 6.11. The highest BCUT2D eigenvalue weighted by molar-refractivity contribution is 6.31. The van der Waals surface area contributed by atoms with E-state index < -0.39 is 6.04 Å². The molecule has 5 unspecified atom stereocenters. The minimum Gasteiger partial charge on any atom is -0.324 e. The molecule has 5 atom stereocenters. The number of rotatable bonds is 5. The van der Waals surface area contributed by atoms with Crippen molar-refractivity contribution >= 4 is 35.0 Å². The molecule has 3 amide bonds. The van der Waals surface area contributed by atoms with Crippen LogP contribution in [0.3, 0.4) is 0 Å². The van der Waals surface area contributed by atoms with Gasteiger partial charge in [-0.25, -0.2) is 0 Å². The molecular weight excluding hydrogens is 412 g/mol. The first kappa shape index (κ1) is 20.0. The number of likely N-dealkylation sites (tertiary alicyclic amines) is 1. The summed E-state index contributed by atoms with van der Waals surface area (Å²) in [6.45, 7) is 1.87. The van der Waals surface area contributed by atoms with Gasteiger partial charge in [0.25, 0.3) is 0 Å². The Balaban J connectivity index is 1.47. The third-order valence-electron chi connectivity index (χ3n) is 6.85. The molecule has 31 heavy (non-hydrogen) atoms. The zero-order chi connectivity index (χ0) is 21.7. The Labute approximate surface area is 186 Å². The fraction of sp³-hybridized carbons (Fsp3) is 0.320. The first-order valence-corrected chi connectivity index (χ1v) is 11.0. The highest BCUT2D eigenvalue weighted by Crippen LogP contribution is 2.53. The fourth-order valence-corrected chi connectivity index (χ4v) is 5.49. The van der Waals surface area contributed by atoms with Gasteiger partial charge >= 0.3 is 0 Å². The second-order valence-electron chi connectivity index (χ2n) is 8.70. The van der Waals surface area contributed by atoms with Gasteiger partial charge < -0.3 is 5.32 Å². The minimum absolute atomic E-state index is 0.104. The van der Waals surface area contributed by atoms with E-state index in [1.54, 1.807) is 12.1 Å². The molecule has 0 aromatic heterocycles. The number of carbonyl (C=O) groups excluding carboxylic acids is 3. The van der Waals surface area contributed by atoms with Gasteiger partial charge in [0.15, 0.2) is 0 Å². The average molecular weight is 435 g/mol. The number of aryl methyl sites for hydroxylation is 1. The van der Waals surface area contributed by atoms with Gasteiger partial charge in [-0.3, -0.25) is 19.3 Å². The van der Waals surface area contributed by atoms with Crippen LogP contribution in [0.15, 0.2) is 60.7 Å². The van der Waals surface area contributed by atoms with Gasteiger partial charge in [-0.2, -0.15) is 0 Å². The van der Waals surface area contributed by atoms with Crippen molar-refractivity contribution in [3.05, 3.63) is 76.8 Å². The predicted octanol–water partition coefficient (Wildman–Crippen LogP) is 4.01. The lowest BCUT2D eigenvalue weighted by atomic mass is 9.85. The van der Waals surface area contributed by atoms with Gasteiger partial charge in [-0.1, -0.05) is 60.2 Å².